The average Bonchev–Trinajstić information content (AvgIpc) is 3.64. The third-order valence-corrected chi connectivity index (χ3v) is 8.30. The van der Waals surface area contributed by atoms with Gasteiger partial charge in [-0.15, -0.1) is 0 Å². The van der Waals surface area contributed by atoms with Crippen molar-refractivity contribution in [3.8, 4) is 5.69 Å². The maximum atomic E-state index is 14.4. The zero-order valence-corrected chi connectivity index (χ0v) is 22.3. The number of aromatic nitrogens is 2. The molecule has 1 aromatic heterocycles. The number of hydrogen-bond acceptors (Lipinski definition) is 4. The molecule has 8 heteroatoms. The van der Waals surface area contributed by atoms with Gasteiger partial charge in [0.1, 0.15) is 11.6 Å². The van der Waals surface area contributed by atoms with E-state index in [-0.39, 0.29) is 23.5 Å². The summed E-state index contributed by atoms with van der Waals surface area (Å²) in [5.41, 5.74) is 10.2. The number of nitrogen functional groups attached to an aromatic ring is 1. The summed E-state index contributed by atoms with van der Waals surface area (Å²) < 4.78 is 29.9. The molecule has 0 radical (unpaired) electrons. The van der Waals surface area contributed by atoms with E-state index >= 15 is 0 Å². The number of amides is 1. The van der Waals surface area contributed by atoms with Crippen molar-refractivity contribution in [1.29, 1.82) is 0 Å². The van der Waals surface area contributed by atoms with Crippen LogP contribution in [-0.2, 0) is 6.54 Å². The summed E-state index contributed by atoms with van der Waals surface area (Å²) >= 11 is 0. The van der Waals surface area contributed by atoms with E-state index in [0.29, 0.717) is 42.4 Å². The number of hydrogen-bond donors (Lipinski definition) is 1. The molecule has 4 aromatic rings. The van der Waals surface area contributed by atoms with E-state index in [4.69, 9.17) is 5.73 Å². The second kappa shape index (κ2) is 11.2. The largest absolute Gasteiger partial charge is 0.399 e. The van der Waals surface area contributed by atoms with Crippen LogP contribution in [0.5, 0.6) is 0 Å². The lowest BCUT2D eigenvalue weighted by Gasteiger charge is -2.33. The Labute approximate surface area is 233 Å². The number of nitrogens with two attached hydrogens (primary N) is 1. The average molecular weight is 542 g/mol. The van der Waals surface area contributed by atoms with E-state index in [0.717, 1.165) is 43.7 Å². The Bertz CT molecular complexity index is 1480. The van der Waals surface area contributed by atoms with Gasteiger partial charge in [-0.05, 0) is 74.3 Å². The molecule has 0 spiro atoms. The number of anilines is 1. The normalized spacial score (nSPS) is 18.4. The highest BCUT2D eigenvalue weighted by Crippen LogP contribution is 2.35. The first-order chi connectivity index (χ1) is 19.5. The molecule has 2 fully saturated rings. The van der Waals surface area contributed by atoms with Crippen LogP contribution in [0.25, 0.3) is 5.69 Å². The molecule has 1 amide bonds. The molecule has 206 valence electrons. The van der Waals surface area contributed by atoms with Gasteiger partial charge in [0.25, 0.3) is 5.91 Å². The van der Waals surface area contributed by atoms with Crippen LogP contribution in [0.1, 0.15) is 58.3 Å². The maximum Gasteiger partial charge on any atom is 0.257 e. The van der Waals surface area contributed by atoms with Crippen LogP contribution in [0.15, 0.2) is 79.0 Å². The molecule has 2 aliphatic rings. The van der Waals surface area contributed by atoms with Crippen LogP contribution >= 0.6 is 0 Å². The Morgan fingerprint density at radius 2 is 1.62 bits per heavy atom. The summed E-state index contributed by atoms with van der Waals surface area (Å²) in [6.07, 6.45) is 4.21. The number of piperidine rings is 1. The number of benzene rings is 3. The van der Waals surface area contributed by atoms with Crippen LogP contribution in [-0.4, -0.2) is 51.7 Å². The fourth-order valence-corrected chi connectivity index (χ4v) is 6.11. The molecule has 0 saturated carbocycles. The van der Waals surface area contributed by atoms with Crippen molar-refractivity contribution in [2.75, 3.05) is 31.9 Å². The first kappa shape index (κ1) is 26.2. The molecule has 2 aliphatic heterocycles. The predicted octanol–water partition coefficient (Wildman–Crippen LogP) is 5.74. The quantitative estimate of drug-likeness (QED) is 0.316. The standard InChI is InChI=1S/C32H33F2N5O/c33-26-7-10-28(11-8-26)39-31(23-12-15-37(16-13-23)20-25-6-9-27(35)18-30(25)34)29(19-36-39)32(40)38-17-14-24(21-38)22-4-2-1-3-5-22/h1-11,18-19,23-24H,12-17,20-21,35H2/t24-/m0/s1. The Balaban J connectivity index is 1.23. The molecule has 2 saturated heterocycles. The lowest BCUT2D eigenvalue weighted by Crippen LogP contribution is -2.34. The fourth-order valence-electron chi connectivity index (χ4n) is 6.11. The van der Waals surface area contributed by atoms with E-state index in [1.807, 2.05) is 23.1 Å². The lowest BCUT2D eigenvalue weighted by atomic mass is 9.90. The van der Waals surface area contributed by atoms with E-state index in [2.05, 4.69) is 22.1 Å². The summed E-state index contributed by atoms with van der Waals surface area (Å²) in [6, 6.07) is 21.4. The third-order valence-electron chi connectivity index (χ3n) is 8.30. The Kier molecular flexibility index (Phi) is 7.34. The summed E-state index contributed by atoms with van der Waals surface area (Å²) in [4.78, 5) is 18.1. The molecule has 2 N–H and O–H groups in total. The van der Waals surface area contributed by atoms with Gasteiger partial charge in [-0.1, -0.05) is 36.4 Å². The van der Waals surface area contributed by atoms with Gasteiger partial charge in [0, 0.05) is 42.7 Å². The first-order valence-corrected chi connectivity index (χ1v) is 13.9. The Hall–Kier alpha value is -4.04. The topological polar surface area (TPSA) is 67.4 Å². The van der Waals surface area contributed by atoms with Crippen LogP contribution in [0, 0.1) is 11.6 Å². The molecular formula is C32H33F2N5O. The molecule has 0 aliphatic carbocycles. The molecule has 6 rings (SSSR count). The van der Waals surface area contributed by atoms with Gasteiger partial charge in [-0.25, -0.2) is 13.5 Å². The van der Waals surface area contributed by atoms with Gasteiger partial charge < -0.3 is 10.6 Å². The summed E-state index contributed by atoms with van der Waals surface area (Å²) in [7, 11) is 0. The van der Waals surface area contributed by atoms with E-state index < -0.39 is 0 Å². The monoisotopic (exact) mass is 541 g/mol. The zero-order chi connectivity index (χ0) is 27.6. The molecule has 0 bridgehead atoms. The van der Waals surface area contributed by atoms with Crippen LogP contribution in [0.3, 0.4) is 0 Å². The first-order valence-electron chi connectivity index (χ1n) is 13.9. The maximum absolute atomic E-state index is 14.4. The minimum absolute atomic E-state index is 0.00633. The minimum atomic E-state index is -0.319. The predicted molar refractivity (Wildman–Crippen MR) is 151 cm³/mol. The number of carbonyl (C=O) groups is 1. The van der Waals surface area contributed by atoms with Gasteiger partial charge in [-0.2, -0.15) is 5.10 Å². The summed E-state index contributed by atoms with van der Waals surface area (Å²) in [5, 5.41) is 4.64. The molecular weight excluding hydrogens is 508 g/mol. The van der Waals surface area contributed by atoms with Crippen LogP contribution in [0.4, 0.5) is 14.5 Å². The van der Waals surface area contributed by atoms with Gasteiger partial charge >= 0.3 is 0 Å². The highest BCUT2D eigenvalue weighted by molar-refractivity contribution is 5.95. The van der Waals surface area contributed by atoms with E-state index in [1.54, 1.807) is 35.1 Å². The molecule has 0 unspecified atom stereocenters. The number of rotatable bonds is 6. The van der Waals surface area contributed by atoms with Crippen molar-refractivity contribution in [3.63, 3.8) is 0 Å². The highest BCUT2D eigenvalue weighted by Gasteiger charge is 2.34. The molecule has 3 heterocycles. The van der Waals surface area contributed by atoms with Gasteiger partial charge in [0.2, 0.25) is 0 Å². The van der Waals surface area contributed by atoms with Crippen LogP contribution < -0.4 is 5.73 Å². The summed E-state index contributed by atoms with van der Waals surface area (Å²) in [6.45, 7) is 3.41. The lowest BCUT2D eigenvalue weighted by molar-refractivity contribution is 0.0788. The van der Waals surface area contributed by atoms with E-state index in [1.165, 1.54) is 23.8 Å². The smallest absolute Gasteiger partial charge is 0.257 e. The minimum Gasteiger partial charge on any atom is -0.399 e. The van der Waals surface area contributed by atoms with Crippen molar-refractivity contribution in [2.45, 2.75) is 37.6 Å². The van der Waals surface area contributed by atoms with Gasteiger partial charge in [-0.3, -0.25) is 9.69 Å². The molecule has 40 heavy (non-hydrogen) atoms. The number of halogens is 2. The van der Waals surface area contributed by atoms with Crippen molar-refractivity contribution >= 4 is 11.6 Å². The second-order valence-electron chi connectivity index (χ2n) is 10.9. The number of carbonyl (C=O) groups excluding carboxylic acids is 1. The SMILES string of the molecule is Nc1ccc(CN2CCC(c3c(C(=O)N4CC[C@H](c5ccccc5)C4)cnn3-c3ccc(F)cc3)CC2)c(F)c1. The Morgan fingerprint density at radius 3 is 2.35 bits per heavy atom. The fraction of sp³-hybridized carbons (Fsp3) is 0.312. The highest BCUT2D eigenvalue weighted by atomic mass is 19.1. The molecule has 3 aromatic carbocycles. The summed E-state index contributed by atoms with van der Waals surface area (Å²) in [5.74, 6) is -0.206. The zero-order valence-electron chi connectivity index (χ0n) is 22.3. The van der Waals surface area contributed by atoms with Gasteiger partial charge in [0.15, 0.2) is 0 Å². The van der Waals surface area contributed by atoms with E-state index in [9.17, 15) is 13.6 Å². The number of nitrogens with zero attached hydrogens (tertiary/aromatic N) is 4. The van der Waals surface area contributed by atoms with Crippen molar-refractivity contribution < 1.29 is 13.6 Å². The van der Waals surface area contributed by atoms with Crippen LogP contribution in [0.2, 0.25) is 0 Å². The van der Waals surface area contributed by atoms with Gasteiger partial charge in [0.05, 0.1) is 23.1 Å². The molecule has 6 nitrogen and oxygen atoms in total. The van der Waals surface area contributed by atoms with Crippen molar-refractivity contribution in [1.82, 2.24) is 19.6 Å². The second-order valence-corrected chi connectivity index (χ2v) is 10.9. The number of likely N-dealkylation sites (tertiary alicyclic amines) is 2. The third kappa shape index (κ3) is 5.36. The van der Waals surface area contributed by atoms with Crippen molar-refractivity contribution in [3.05, 3.63) is 113 Å². The molecule has 1 atom stereocenters. The Morgan fingerprint density at radius 1 is 0.900 bits per heavy atom. The van der Waals surface area contributed by atoms with Crippen molar-refractivity contribution in [2.24, 2.45) is 0 Å².